The maximum Gasteiger partial charge on any atom is 0.259 e. The summed E-state index contributed by atoms with van der Waals surface area (Å²) in [4.78, 5) is 27.5. The number of nitrogens with one attached hydrogen (secondary N) is 2. The summed E-state index contributed by atoms with van der Waals surface area (Å²) in [6, 6.07) is 44.5. The molecule has 0 aromatic heterocycles. The maximum atomic E-state index is 13.7. The topological polar surface area (TPSA) is 76.7 Å². The molecular weight excluding hydrogens is 864 g/mol. The summed E-state index contributed by atoms with van der Waals surface area (Å²) in [5.74, 6) is 0.666. The van der Waals surface area contributed by atoms with Crippen LogP contribution in [0, 0.1) is 0 Å². The Hall–Kier alpha value is -5.18. The summed E-state index contributed by atoms with van der Waals surface area (Å²) < 4.78 is 13.8. The van der Waals surface area contributed by atoms with Gasteiger partial charge in [0.05, 0.1) is 29.8 Å². The number of rotatable bonds is 18. The van der Waals surface area contributed by atoms with E-state index in [-0.39, 0.29) is 11.8 Å². The van der Waals surface area contributed by atoms with Crippen molar-refractivity contribution in [1.82, 2.24) is 0 Å². The fourth-order valence-electron chi connectivity index (χ4n) is 8.06. The zero-order chi connectivity index (χ0) is 41.2. The number of benzene rings is 6. The molecule has 0 bridgehead atoms. The standard InChI is InChI=1S/C51H50Br2N2O4/c1-3-5-7-13-31-58-47-29-23-37(52)33-43(47)49(56)54-39-25-19-35(20-26-39)51(45-17-11-9-15-41(45)42-16-10-12-18-46(42)51)36-21-27-40(28-22-36)55-50(57)44-34-38(53)24-30-48(44)59-32-14-8-6-4-2/h9-12,15-30,33-34H,3-8,13-14,31-32H2,1-2H3,(H,54,56)(H,55,57). The molecule has 0 saturated carbocycles. The highest BCUT2D eigenvalue weighted by molar-refractivity contribution is 9.10. The Labute approximate surface area is 365 Å². The van der Waals surface area contributed by atoms with E-state index in [0.717, 1.165) is 58.6 Å². The normalized spacial score (nSPS) is 12.3. The number of fused-ring (bicyclic) bond motifs is 3. The second-order valence-corrected chi connectivity index (χ2v) is 16.8. The minimum Gasteiger partial charge on any atom is -0.493 e. The van der Waals surface area contributed by atoms with Gasteiger partial charge in [-0.1, -0.05) is 157 Å². The van der Waals surface area contributed by atoms with Gasteiger partial charge in [-0.2, -0.15) is 0 Å². The summed E-state index contributed by atoms with van der Waals surface area (Å²) in [7, 11) is 0. The molecule has 0 radical (unpaired) electrons. The molecule has 2 N–H and O–H groups in total. The van der Waals surface area contributed by atoms with Crippen LogP contribution in [0.15, 0.2) is 142 Å². The molecule has 0 spiro atoms. The van der Waals surface area contributed by atoms with Crippen LogP contribution in [0.4, 0.5) is 11.4 Å². The van der Waals surface area contributed by atoms with E-state index in [9.17, 15) is 9.59 Å². The van der Waals surface area contributed by atoms with Gasteiger partial charge in [0.15, 0.2) is 0 Å². The van der Waals surface area contributed by atoms with Crippen molar-refractivity contribution in [3.63, 3.8) is 0 Å². The van der Waals surface area contributed by atoms with Crippen molar-refractivity contribution in [3.05, 3.63) is 176 Å². The Balaban J connectivity index is 1.17. The summed E-state index contributed by atoms with van der Waals surface area (Å²) in [6.07, 6.45) is 8.72. The predicted molar refractivity (Wildman–Crippen MR) is 247 cm³/mol. The lowest BCUT2D eigenvalue weighted by atomic mass is 9.67. The number of carbonyl (C=O) groups is 2. The van der Waals surface area contributed by atoms with Gasteiger partial charge in [-0.25, -0.2) is 0 Å². The molecule has 0 atom stereocenters. The van der Waals surface area contributed by atoms with Gasteiger partial charge in [0, 0.05) is 20.3 Å². The van der Waals surface area contributed by atoms with Gasteiger partial charge in [0.25, 0.3) is 11.8 Å². The van der Waals surface area contributed by atoms with E-state index in [1.165, 1.54) is 35.1 Å². The molecule has 1 aliphatic rings. The summed E-state index contributed by atoms with van der Waals surface area (Å²) in [5, 5.41) is 6.24. The number of hydrogen-bond acceptors (Lipinski definition) is 4. The minimum atomic E-state index is -0.662. The molecule has 8 heteroatoms. The fourth-order valence-corrected chi connectivity index (χ4v) is 8.78. The van der Waals surface area contributed by atoms with Crippen LogP contribution in [-0.2, 0) is 5.41 Å². The first-order valence-electron chi connectivity index (χ1n) is 20.7. The van der Waals surface area contributed by atoms with Crippen LogP contribution in [0.25, 0.3) is 11.1 Å². The van der Waals surface area contributed by atoms with E-state index in [4.69, 9.17) is 9.47 Å². The Kier molecular flexibility index (Phi) is 14.0. The first kappa shape index (κ1) is 42.0. The fraction of sp³-hybridized carbons (Fsp3) is 0.255. The van der Waals surface area contributed by atoms with Gasteiger partial charge in [-0.05, 0) is 107 Å². The quantitative estimate of drug-likeness (QED) is 0.0841. The van der Waals surface area contributed by atoms with E-state index in [2.05, 4.69) is 129 Å². The highest BCUT2D eigenvalue weighted by Gasteiger charge is 2.45. The number of anilines is 2. The third-order valence-electron chi connectivity index (χ3n) is 11.0. The molecule has 0 fully saturated rings. The van der Waals surface area contributed by atoms with Crippen LogP contribution in [-0.4, -0.2) is 25.0 Å². The lowest BCUT2D eigenvalue weighted by Crippen LogP contribution is -2.28. The number of ether oxygens (including phenoxy) is 2. The van der Waals surface area contributed by atoms with Gasteiger partial charge in [0.1, 0.15) is 11.5 Å². The molecule has 6 nitrogen and oxygen atoms in total. The number of halogens is 2. The average Bonchev–Trinajstić information content (AvgIpc) is 3.56. The Morgan fingerprint density at radius 2 is 0.915 bits per heavy atom. The van der Waals surface area contributed by atoms with Crippen LogP contribution in [0.2, 0.25) is 0 Å². The van der Waals surface area contributed by atoms with Crippen molar-refractivity contribution in [2.24, 2.45) is 0 Å². The third-order valence-corrected chi connectivity index (χ3v) is 12.0. The Morgan fingerprint density at radius 1 is 0.508 bits per heavy atom. The van der Waals surface area contributed by atoms with Crippen molar-refractivity contribution < 1.29 is 19.1 Å². The van der Waals surface area contributed by atoms with Crippen molar-refractivity contribution >= 4 is 55.0 Å². The van der Waals surface area contributed by atoms with Gasteiger partial charge in [-0.15, -0.1) is 0 Å². The van der Waals surface area contributed by atoms with Crippen LogP contribution in [0.1, 0.15) is 108 Å². The summed E-state index contributed by atoms with van der Waals surface area (Å²) >= 11 is 7.08. The lowest BCUT2D eigenvalue weighted by Gasteiger charge is -2.34. The molecule has 302 valence electrons. The molecule has 2 amide bonds. The Bertz CT molecular complexity index is 2230. The number of carbonyl (C=O) groups excluding carboxylic acids is 2. The van der Waals surface area contributed by atoms with Crippen molar-refractivity contribution in [2.75, 3.05) is 23.8 Å². The van der Waals surface area contributed by atoms with Gasteiger partial charge >= 0.3 is 0 Å². The van der Waals surface area contributed by atoms with Crippen LogP contribution in [0.5, 0.6) is 11.5 Å². The summed E-state index contributed by atoms with van der Waals surface area (Å²) in [6.45, 7) is 5.50. The lowest BCUT2D eigenvalue weighted by molar-refractivity contribution is 0.101. The van der Waals surface area contributed by atoms with Crippen LogP contribution < -0.4 is 20.1 Å². The van der Waals surface area contributed by atoms with Crippen molar-refractivity contribution in [1.29, 1.82) is 0 Å². The van der Waals surface area contributed by atoms with Gasteiger partial charge in [-0.3, -0.25) is 9.59 Å². The molecule has 59 heavy (non-hydrogen) atoms. The Morgan fingerprint density at radius 3 is 1.32 bits per heavy atom. The zero-order valence-electron chi connectivity index (χ0n) is 33.7. The largest absolute Gasteiger partial charge is 0.493 e. The van der Waals surface area contributed by atoms with Crippen molar-refractivity contribution in [3.8, 4) is 22.6 Å². The van der Waals surface area contributed by atoms with E-state index < -0.39 is 5.41 Å². The molecule has 7 rings (SSSR count). The van der Waals surface area contributed by atoms with Crippen LogP contribution >= 0.6 is 31.9 Å². The SMILES string of the molecule is CCCCCCOc1ccc(Br)cc1C(=O)Nc1ccc(C2(c3ccc(NC(=O)c4cc(Br)ccc4OCCCCCC)cc3)c3ccccc3-c3ccccc32)cc1. The second kappa shape index (κ2) is 19.7. The first-order chi connectivity index (χ1) is 28.8. The van der Waals surface area contributed by atoms with Crippen LogP contribution in [0.3, 0.4) is 0 Å². The van der Waals surface area contributed by atoms with E-state index in [1.54, 1.807) is 12.1 Å². The zero-order valence-corrected chi connectivity index (χ0v) is 36.8. The van der Waals surface area contributed by atoms with Gasteiger partial charge in [0.2, 0.25) is 0 Å². The molecular formula is C51H50Br2N2O4. The molecule has 6 aromatic carbocycles. The number of amides is 2. The van der Waals surface area contributed by atoms with Gasteiger partial charge < -0.3 is 20.1 Å². The highest BCUT2D eigenvalue weighted by Crippen LogP contribution is 2.56. The third kappa shape index (κ3) is 9.35. The predicted octanol–water partition coefficient (Wildman–Crippen LogP) is 14.0. The maximum absolute atomic E-state index is 13.7. The smallest absolute Gasteiger partial charge is 0.259 e. The van der Waals surface area contributed by atoms with E-state index in [0.29, 0.717) is 47.2 Å². The molecule has 0 heterocycles. The number of unbranched alkanes of at least 4 members (excludes halogenated alkanes) is 6. The molecule has 0 saturated heterocycles. The monoisotopic (exact) mass is 912 g/mol. The highest BCUT2D eigenvalue weighted by atomic mass is 79.9. The number of hydrogen-bond donors (Lipinski definition) is 2. The molecule has 6 aromatic rings. The average molecular weight is 915 g/mol. The minimum absolute atomic E-state index is 0.236. The summed E-state index contributed by atoms with van der Waals surface area (Å²) in [5.41, 5.74) is 8.44. The van der Waals surface area contributed by atoms with Crippen molar-refractivity contribution in [2.45, 2.75) is 70.6 Å². The second-order valence-electron chi connectivity index (χ2n) is 15.0. The van der Waals surface area contributed by atoms with E-state index in [1.807, 2.05) is 48.5 Å². The molecule has 0 aliphatic heterocycles. The first-order valence-corrected chi connectivity index (χ1v) is 22.3. The molecule has 1 aliphatic carbocycles. The molecule has 0 unspecified atom stereocenters. The van der Waals surface area contributed by atoms with E-state index >= 15 is 0 Å².